The van der Waals surface area contributed by atoms with Crippen molar-refractivity contribution in [3.63, 3.8) is 0 Å². The second-order valence-corrected chi connectivity index (χ2v) is 5.07. The van der Waals surface area contributed by atoms with Crippen LogP contribution in [-0.2, 0) is 4.79 Å². The van der Waals surface area contributed by atoms with Crippen molar-refractivity contribution < 1.29 is 9.90 Å². The van der Waals surface area contributed by atoms with Crippen molar-refractivity contribution in [2.45, 2.75) is 6.42 Å². The van der Waals surface area contributed by atoms with E-state index in [1.54, 1.807) is 18.2 Å². The predicted octanol–water partition coefficient (Wildman–Crippen LogP) is 1.59. The monoisotopic (exact) mass is 268 g/mol. The molecular formula is C13H17ClN2O2. The molecule has 18 heavy (non-hydrogen) atoms. The highest BCUT2D eigenvalue weighted by Crippen LogP contribution is 2.17. The summed E-state index contributed by atoms with van der Waals surface area (Å²) in [6, 6.07) is 7.10. The summed E-state index contributed by atoms with van der Waals surface area (Å²) in [4.78, 5) is 13.9. The molecule has 0 spiro atoms. The number of likely N-dealkylation sites (tertiary alicyclic amines) is 1. The summed E-state index contributed by atoms with van der Waals surface area (Å²) in [5.41, 5.74) is 0.713. The van der Waals surface area contributed by atoms with Crippen LogP contribution in [0.5, 0.6) is 0 Å². The van der Waals surface area contributed by atoms with Gasteiger partial charge in [-0.15, -0.1) is 0 Å². The first-order valence-corrected chi connectivity index (χ1v) is 6.44. The lowest BCUT2D eigenvalue weighted by molar-refractivity contribution is -0.117. The Balaban J connectivity index is 1.82. The lowest BCUT2D eigenvalue weighted by atomic mass is 10.1. The molecule has 4 nitrogen and oxygen atoms in total. The maximum Gasteiger partial charge on any atom is 0.238 e. The summed E-state index contributed by atoms with van der Waals surface area (Å²) in [7, 11) is 0. The van der Waals surface area contributed by atoms with Gasteiger partial charge in [-0.3, -0.25) is 9.69 Å². The summed E-state index contributed by atoms with van der Waals surface area (Å²) in [5, 5.41) is 12.5. The van der Waals surface area contributed by atoms with E-state index in [2.05, 4.69) is 10.2 Å². The van der Waals surface area contributed by atoms with Gasteiger partial charge in [0.1, 0.15) is 0 Å². The summed E-state index contributed by atoms with van der Waals surface area (Å²) in [6.07, 6.45) is 0.959. The van der Waals surface area contributed by atoms with E-state index in [9.17, 15) is 4.79 Å². The molecule has 2 rings (SSSR count). The molecule has 5 heteroatoms. The number of amides is 1. The highest BCUT2D eigenvalue weighted by Gasteiger charge is 2.23. The number of aliphatic hydroxyl groups is 1. The number of benzene rings is 1. The van der Waals surface area contributed by atoms with Crippen LogP contribution in [0.4, 0.5) is 5.69 Å². The number of halogens is 1. The Labute approximate surface area is 112 Å². The third kappa shape index (κ3) is 3.70. The number of aliphatic hydroxyl groups excluding tert-OH is 1. The van der Waals surface area contributed by atoms with Gasteiger partial charge in [0.2, 0.25) is 5.91 Å². The van der Waals surface area contributed by atoms with Crippen LogP contribution in [0.2, 0.25) is 5.02 Å². The zero-order valence-corrected chi connectivity index (χ0v) is 10.9. The van der Waals surface area contributed by atoms with Crippen LogP contribution in [0.25, 0.3) is 0 Å². The number of hydrogen-bond acceptors (Lipinski definition) is 3. The minimum absolute atomic E-state index is 0.0455. The minimum atomic E-state index is -0.0455. The Morgan fingerprint density at radius 2 is 2.39 bits per heavy atom. The van der Waals surface area contributed by atoms with Gasteiger partial charge in [0, 0.05) is 23.9 Å². The van der Waals surface area contributed by atoms with E-state index in [1.165, 1.54) is 0 Å². The molecule has 1 aromatic rings. The number of rotatable bonds is 4. The van der Waals surface area contributed by atoms with Gasteiger partial charge in [-0.05, 0) is 37.1 Å². The number of hydrogen-bond donors (Lipinski definition) is 2. The zero-order chi connectivity index (χ0) is 13.0. The molecule has 2 N–H and O–H groups in total. The largest absolute Gasteiger partial charge is 0.396 e. The van der Waals surface area contributed by atoms with Gasteiger partial charge >= 0.3 is 0 Å². The smallest absolute Gasteiger partial charge is 0.238 e. The van der Waals surface area contributed by atoms with E-state index in [1.807, 2.05) is 6.07 Å². The highest BCUT2D eigenvalue weighted by atomic mass is 35.5. The van der Waals surface area contributed by atoms with Gasteiger partial charge in [-0.2, -0.15) is 0 Å². The van der Waals surface area contributed by atoms with Gasteiger partial charge in [0.15, 0.2) is 0 Å². The van der Waals surface area contributed by atoms with Crippen LogP contribution in [0.1, 0.15) is 6.42 Å². The molecule has 1 fully saturated rings. The number of nitrogens with one attached hydrogen (secondary N) is 1. The van der Waals surface area contributed by atoms with E-state index < -0.39 is 0 Å². The summed E-state index contributed by atoms with van der Waals surface area (Å²) < 4.78 is 0. The van der Waals surface area contributed by atoms with E-state index in [0.29, 0.717) is 23.2 Å². The molecule has 1 atom stereocenters. The van der Waals surface area contributed by atoms with Crippen LogP contribution in [-0.4, -0.2) is 42.2 Å². The Kier molecular flexibility index (Phi) is 4.58. The first kappa shape index (κ1) is 13.3. The molecule has 1 aliphatic heterocycles. The number of anilines is 1. The fourth-order valence-electron chi connectivity index (χ4n) is 2.18. The molecule has 0 saturated carbocycles. The molecule has 0 aliphatic carbocycles. The van der Waals surface area contributed by atoms with Crippen molar-refractivity contribution in [3.05, 3.63) is 29.3 Å². The molecule has 1 unspecified atom stereocenters. The first-order chi connectivity index (χ1) is 8.67. The number of nitrogens with zero attached hydrogens (tertiary/aromatic N) is 1. The van der Waals surface area contributed by atoms with Crippen LogP contribution in [0, 0.1) is 5.92 Å². The molecule has 0 radical (unpaired) electrons. The standard InChI is InChI=1S/C13H17ClN2O2/c14-11-2-1-3-12(6-11)15-13(18)8-16-5-4-10(7-16)9-17/h1-3,6,10,17H,4-5,7-9H2,(H,15,18). The molecule has 1 aromatic carbocycles. The predicted molar refractivity (Wildman–Crippen MR) is 71.7 cm³/mol. The van der Waals surface area contributed by atoms with Crippen molar-refractivity contribution >= 4 is 23.2 Å². The number of carbonyl (C=O) groups is 1. The molecule has 98 valence electrons. The molecule has 0 bridgehead atoms. The Morgan fingerprint density at radius 3 is 3.06 bits per heavy atom. The van der Waals surface area contributed by atoms with E-state index >= 15 is 0 Å². The second kappa shape index (κ2) is 6.18. The van der Waals surface area contributed by atoms with Gasteiger partial charge < -0.3 is 10.4 Å². The highest BCUT2D eigenvalue weighted by molar-refractivity contribution is 6.30. The molecule has 0 aromatic heterocycles. The molecule has 1 aliphatic rings. The van der Waals surface area contributed by atoms with Crippen molar-refractivity contribution in [1.82, 2.24) is 4.90 Å². The zero-order valence-electron chi connectivity index (χ0n) is 10.1. The maximum absolute atomic E-state index is 11.8. The average molecular weight is 269 g/mol. The lowest BCUT2D eigenvalue weighted by Crippen LogP contribution is -2.31. The second-order valence-electron chi connectivity index (χ2n) is 4.63. The van der Waals surface area contributed by atoms with Gasteiger partial charge in [0.05, 0.1) is 6.54 Å². The summed E-state index contributed by atoms with van der Waals surface area (Å²) in [5.74, 6) is 0.264. The quantitative estimate of drug-likeness (QED) is 0.872. The Morgan fingerprint density at radius 1 is 1.56 bits per heavy atom. The number of carbonyl (C=O) groups excluding carboxylic acids is 1. The lowest BCUT2D eigenvalue weighted by Gasteiger charge is -2.15. The van der Waals surface area contributed by atoms with Gasteiger partial charge in [-0.1, -0.05) is 17.7 Å². The molecule has 1 heterocycles. The van der Waals surface area contributed by atoms with Crippen molar-refractivity contribution in [1.29, 1.82) is 0 Å². The van der Waals surface area contributed by atoms with E-state index in [0.717, 1.165) is 19.5 Å². The Hall–Kier alpha value is -1.10. The minimum Gasteiger partial charge on any atom is -0.396 e. The normalized spacial score (nSPS) is 20.0. The van der Waals surface area contributed by atoms with Crippen LogP contribution >= 0.6 is 11.6 Å². The van der Waals surface area contributed by atoms with Crippen LogP contribution < -0.4 is 5.32 Å². The molecule has 1 amide bonds. The van der Waals surface area contributed by atoms with Crippen molar-refractivity contribution in [2.75, 3.05) is 31.6 Å². The van der Waals surface area contributed by atoms with E-state index in [-0.39, 0.29) is 12.5 Å². The third-order valence-electron chi connectivity index (χ3n) is 3.10. The average Bonchev–Trinajstić information content (AvgIpc) is 2.76. The molecule has 1 saturated heterocycles. The van der Waals surface area contributed by atoms with Gasteiger partial charge in [0.25, 0.3) is 0 Å². The SMILES string of the molecule is O=C(CN1CCC(CO)C1)Nc1cccc(Cl)c1. The van der Waals surface area contributed by atoms with Crippen LogP contribution in [0.3, 0.4) is 0 Å². The third-order valence-corrected chi connectivity index (χ3v) is 3.34. The fourth-order valence-corrected chi connectivity index (χ4v) is 2.37. The van der Waals surface area contributed by atoms with E-state index in [4.69, 9.17) is 16.7 Å². The first-order valence-electron chi connectivity index (χ1n) is 6.06. The summed E-state index contributed by atoms with van der Waals surface area (Å²) in [6.45, 7) is 2.23. The van der Waals surface area contributed by atoms with Gasteiger partial charge in [-0.25, -0.2) is 0 Å². The fraction of sp³-hybridized carbons (Fsp3) is 0.462. The van der Waals surface area contributed by atoms with Crippen molar-refractivity contribution in [3.8, 4) is 0 Å². The topological polar surface area (TPSA) is 52.6 Å². The van der Waals surface area contributed by atoms with Crippen LogP contribution in [0.15, 0.2) is 24.3 Å². The maximum atomic E-state index is 11.8. The molecular weight excluding hydrogens is 252 g/mol. The van der Waals surface area contributed by atoms with Crippen molar-refractivity contribution in [2.24, 2.45) is 5.92 Å². The Bertz CT molecular complexity index is 425. The summed E-state index contributed by atoms with van der Waals surface area (Å²) >= 11 is 5.85.